The van der Waals surface area contributed by atoms with Crippen molar-refractivity contribution in [2.75, 3.05) is 4.90 Å². The van der Waals surface area contributed by atoms with E-state index >= 15 is 0 Å². The summed E-state index contributed by atoms with van der Waals surface area (Å²) < 4.78 is 0. The zero-order chi connectivity index (χ0) is 19.7. The summed E-state index contributed by atoms with van der Waals surface area (Å²) >= 11 is 0. The van der Waals surface area contributed by atoms with E-state index in [2.05, 4.69) is 62.1 Å². The Hall–Kier alpha value is -3.13. The molecule has 0 amide bonds. The maximum atomic E-state index is 13.1. The van der Waals surface area contributed by atoms with Crippen LogP contribution in [0.3, 0.4) is 0 Å². The molecule has 140 valence electrons. The Kier molecular flexibility index (Phi) is 4.64. The number of para-hydroxylation sites is 1. The van der Waals surface area contributed by atoms with Gasteiger partial charge in [0, 0.05) is 12.1 Å². The van der Waals surface area contributed by atoms with Crippen molar-refractivity contribution in [2.45, 2.75) is 32.7 Å². The number of carbonyl (C=O) groups excluding carboxylic acids is 1. The molecule has 2 heteroatoms. The number of hydrogen-bond acceptors (Lipinski definition) is 2. The number of carbonyl (C=O) groups is 1. The molecular weight excluding hydrogens is 342 g/mol. The third-order valence-electron chi connectivity index (χ3n) is 5.23. The van der Waals surface area contributed by atoms with Gasteiger partial charge in [0.05, 0.1) is 11.4 Å². The molecule has 28 heavy (non-hydrogen) atoms. The van der Waals surface area contributed by atoms with Gasteiger partial charge < -0.3 is 4.90 Å². The number of fused-ring (bicyclic) bond motifs is 1. The summed E-state index contributed by atoms with van der Waals surface area (Å²) in [4.78, 5) is 15.2. The largest absolute Gasteiger partial charge is 0.333 e. The van der Waals surface area contributed by atoms with Gasteiger partial charge in [-0.1, -0.05) is 87.5 Å². The Bertz CT molecular complexity index is 1020. The third-order valence-corrected chi connectivity index (χ3v) is 5.23. The summed E-state index contributed by atoms with van der Waals surface area (Å²) in [5.41, 5.74) is 6.11. The number of nitrogens with zero attached hydrogens (tertiary/aromatic N) is 1. The van der Waals surface area contributed by atoms with Crippen molar-refractivity contribution >= 4 is 17.5 Å². The lowest BCUT2D eigenvalue weighted by molar-refractivity contribution is 0.104. The zero-order valence-corrected chi connectivity index (χ0v) is 16.6. The first-order valence-corrected chi connectivity index (χ1v) is 9.71. The SMILES string of the molecule is CC(C)(C)c1ccc(/C=C2/C(=O)c3ccccc3N2Cc2ccccc2)cc1. The van der Waals surface area contributed by atoms with Crippen LogP contribution >= 0.6 is 0 Å². The van der Waals surface area contributed by atoms with Gasteiger partial charge in [-0.3, -0.25) is 4.79 Å². The van der Waals surface area contributed by atoms with E-state index < -0.39 is 0 Å². The molecule has 0 saturated heterocycles. The first-order valence-electron chi connectivity index (χ1n) is 9.71. The smallest absolute Gasteiger partial charge is 0.211 e. The van der Waals surface area contributed by atoms with Crippen molar-refractivity contribution in [3.63, 3.8) is 0 Å². The average Bonchev–Trinajstić information content (AvgIpc) is 2.95. The van der Waals surface area contributed by atoms with E-state index in [0.717, 1.165) is 22.5 Å². The minimum absolute atomic E-state index is 0.0893. The molecule has 0 unspecified atom stereocenters. The van der Waals surface area contributed by atoms with Crippen LogP contribution < -0.4 is 4.90 Å². The Morgan fingerprint density at radius 2 is 1.46 bits per heavy atom. The lowest BCUT2D eigenvalue weighted by Crippen LogP contribution is -2.20. The fourth-order valence-electron chi connectivity index (χ4n) is 3.61. The standard InChI is InChI=1S/C26H25NO/c1-26(2,3)21-15-13-19(14-16-21)17-24-25(28)22-11-7-8-12-23(22)27(24)18-20-9-5-4-6-10-20/h4-17H,18H2,1-3H3/b24-17-. The molecule has 3 aromatic carbocycles. The van der Waals surface area contributed by atoms with Crippen LogP contribution in [0.15, 0.2) is 84.6 Å². The van der Waals surface area contributed by atoms with Crippen molar-refractivity contribution in [1.82, 2.24) is 0 Å². The Morgan fingerprint density at radius 1 is 0.821 bits per heavy atom. The molecule has 0 radical (unpaired) electrons. The highest BCUT2D eigenvalue weighted by molar-refractivity contribution is 6.21. The summed E-state index contributed by atoms with van der Waals surface area (Å²) in [6.07, 6.45) is 2.01. The van der Waals surface area contributed by atoms with Crippen LogP contribution in [0.5, 0.6) is 0 Å². The molecule has 0 aromatic heterocycles. The molecule has 0 fully saturated rings. The van der Waals surface area contributed by atoms with E-state index in [4.69, 9.17) is 0 Å². The van der Waals surface area contributed by atoms with Gasteiger partial charge >= 0.3 is 0 Å². The summed E-state index contributed by atoms with van der Waals surface area (Å²) in [5.74, 6) is 0.0893. The third kappa shape index (κ3) is 3.50. The van der Waals surface area contributed by atoms with Crippen LogP contribution in [0.4, 0.5) is 5.69 Å². The number of hydrogen-bond donors (Lipinski definition) is 0. The number of benzene rings is 3. The molecule has 0 aliphatic carbocycles. The minimum Gasteiger partial charge on any atom is -0.333 e. The van der Waals surface area contributed by atoms with Gasteiger partial charge in [-0.25, -0.2) is 0 Å². The highest BCUT2D eigenvalue weighted by atomic mass is 16.1. The first kappa shape index (κ1) is 18.2. The van der Waals surface area contributed by atoms with E-state index in [1.807, 2.05) is 48.5 Å². The van der Waals surface area contributed by atoms with Crippen molar-refractivity contribution < 1.29 is 4.79 Å². The van der Waals surface area contributed by atoms with Crippen LogP contribution in [0.25, 0.3) is 6.08 Å². The van der Waals surface area contributed by atoms with Crippen molar-refractivity contribution in [1.29, 1.82) is 0 Å². The number of rotatable bonds is 3. The molecular formula is C26H25NO. The van der Waals surface area contributed by atoms with Gasteiger partial charge in [0.25, 0.3) is 0 Å². The monoisotopic (exact) mass is 367 g/mol. The summed E-state index contributed by atoms with van der Waals surface area (Å²) in [7, 11) is 0. The van der Waals surface area contributed by atoms with Gasteiger partial charge in [0.2, 0.25) is 5.78 Å². The maximum absolute atomic E-state index is 13.1. The molecule has 1 aliphatic rings. The topological polar surface area (TPSA) is 20.3 Å². The van der Waals surface area contributed by atoms with Crippen molar-refractivity contribution in [2.24, 2.45) is 0 Å². The highest BCUT2D eigenvalue weighted by Crippen LogP contribution is 2.36. The fourth-order valence-corrected chi connectivity index (χ4v) is 3.61. The van der Waals surface area contributed by atoms with Crippen molar-refractivity contribution in [3.8, 4) is 0 Å². The van der Waals surface area contributed by atoms with Gasteiger partial charge in [-0.2, -0.15) is 0 Å². The molecule has 1 heterocycles. The van der Waals surface area contributed by atoms with Gasteiger partial charge in [0.1, 0.15) is 0 Å². The normalized spacial score (nSPS) is 15.2. The van der Waals surface area contributed by atoms with Crippen LogP contribution in [0.2, 0.25) is 0 Å². The molecule has 0 spiro atoms. The van der Waals surface area contributed by atoms with Crippen LogP contribution in [-0.4, -0.2) is 5.78 Å². The lowest BCUT2D eigenvalue weighted by Gasteiger charge is -2.21. The second kappa shape index (κ2) is 7.12. The maximum Gasteiger partial charge on any atom is 0.211 e. The molecule has 4 rings (SSSR count). The second-order valence-corrected chi connectivity index (χ2v) is 8.32. The van der Waals surface area contributed by atoms with Crippen LogP contribution in [-0.2, 0) is 12.0 Å². The first-order chi connectivity index (χ1) is 13.4. The van der Waals surface area contributed by atoms with Gasteiger partial charge in [0.15, 0.2) is 0 Å². The molecule has 0 bridgehead atoms. The molecule has 0 N–H and O–H groups in total. The highest BCUT2D eigenvalue weighted by Gasteiger charge is 2.31. The van der Waals surface area contributed by atoms with E-state index in [1.54, 1.807) is 0 Å². The molecule has 2 nitrogen and oxygen atoms in total. The molecule has 1 aliphatic heterocycles. The number of ketones is 1. The Morgan fingerprint density at radius 3 is 2.14 bits per heavy atom. The zero-order valence-electron chi connectivity index (χ0n) is 16.6. The predicted molar refractivity (Wildman–Crippen MR) is 117 cm³/mol. The van der Waals surface area contributed by atoms with Gasteiger partial charge in [-0.15, -0.1) is 0 Å². The number of allylic oxidation sites excluding steroid dienone is 1. The summed E-state index contributed by atoms with van der Waals surface area (Å²) in [6, 6.07) is 26.7. The number of anilines is 1. The lowest BCUT2D eigenvalue weighted by atomic mass is 9.86. The van der Waals surface area contributed by atoms with Crippen molar-refractivity contribution in [3.05, 3.63) is 107 Å². The van der Waals surface area contributed by atoms with Crippen LogP contribution in [0, 0.1) is 0 Å². The second-order valence-electron chi connectivity index (χ2n) is 8.32. The van der Waals surface area contributed by atoms with E-state index in [9.17, 15) is 4.79 Å². The van der Waals surface area contributed by atoms with Gasteiger partial charge in [-0.05, 0) is 40.3 Å². The Labute approximate surface area is 167 Å². The fraction of sp³-hybridized carbons (Fsp3) is 0.192. The minimum atomic E-state index is 0.0893. The molecule has 0 atom stereocenters. The average molecular weight is 367 g/mol. The number of Topliss-reactive ketones (excluding diaryl/α,β-unsaturated/α-hetero) is 1. The summed E-state index contributed by atoms with van der Waals surface area (Å²) in [6.45, 7) is 7.30. The predicted octanol–water partition coefficient (Wildman–Crippen LogP) is 6.23. The van der Waals surface area contributed by atoms with Crippen LogP contribution in [0.1, 0.15) is 47.8 Å². The van der Waals surface area contributed by atoms with E-state index in [-0.39, 0.29) is 11.2 Å². The molecule has 3 aromatic rings. The quantitative estimate of drug-likeness (QED) is 0.512. The Balaban J connectivity index is 1.73. The van der Waals surface area contributed by atoms with E-state index in [1.165, 1.54) is 11.1 Å². The van der Waals surface area contributed by atoms with E-state index in [0.29, 0.717) is 6.54 Å². The molecule has 0 saturated carbocycles. The summed E-state index contributed by atoms with van der Waals surface area (Å²) in [5, 5.41) is 0.